The van der Waals surface area contributed by atoms with Crippen LogP contribution in [0.15, 0.2) is 24.4 Å². The van der Waals surface area contributed by atoms with Gasteiger partial charge in [0.25, 0.3) is 0 Å². The Balaban J connectivity index is 1.64. The van der Waals surface area contributed by atoms with Crippen molar-refractivity contribution in [3.05, 3.63) is 35.5 Å². The Morgan fingerprint density at radius 1 is 1.30 bits per heavy atom. The average Bonchev–Trinajstić information content (AvgIpc) is 2.91. The summed E-state index contributed by atoms with van der Waals surface area (Å²) in [6, 6.07) is 8.18. The molecule has 2 aromatic rings. The van der Waals surface area contributed by atoms with Crippen LogP contribution in [-0.4, -0.2) is 29.5 Å². The molecule has 0 aliphatic carbocycles. The van der Waals surface area contributed by atoms with Crippen molar-refractivity contribution in [2.75, 3.05) is 19.6 Å². The molecule has 20 heavy (non-hydrogen) atoms. The molecule has 3 heteroatoms. The molecule has 3 aliphatic heterocycles. The van der Waals surface area contributed by atoms with Crippen LogP contribution in [0, 0.1) is 23.2 Å². The molecule has 2 bridgehead atoms. The van der Waals surface area contributed by atoms with Crippen molar-refractivity contribution in [3.8, 4) is 6.07 Å². The second kappa shape index (κ2) is 4.64. The first-order chi connectivity index (χ1) is 9.83. The lowest BCUT2D eigenvalue weighted by molar-refractivity contribution is 0.0514. The van der Waals surface area contributed by atoms with Gasteiger partial charge in [0.05, 0.1) is 11.6 Å². The van der Waals surface area contributed by atoms with Crippen LogP contribution >= 0.6 is 0 Å². The third kappa shape index (κ3) is 1.92. The number of nitrogens with zero attached hydrogens (tertiary/aromatic N) is 2. The van der Waals surface area contributed by atoms with Crippen molar-refractivity contribution in [1.82, 2.24) is 9.88 Å². The fourth-order valence-corrected chi connectivity index (χ4v) is 4.02. The number of H-pyrrole nitrogens is 1. The predicted octanol–water partition coefficient (Wildman–Crippen LogP) is 2.92. The van der Waals surface area contributed by atoms with Crippen LogP contribution in [0.4, 0.5) is 0 Å². The first kappa shape index (κ1) is 12.0. The highest BCUT2D eigenvalue weighted by Crippen LogP contribution is 2.35. The number of rotatable bonds is 2. The molecule has 3 nitrogen and oxygen atoms in total. The maximum atomic E-state index is 9.07. The minimum Gasteiger partial charge on any atom is -0.361 e. The third-order valence-corrected chi connectivity index (χ3v) is 5.17. The van der Waals surface area contributed by atoms with E-state index in [-0.39, 0.29) is 0 Å². The molecule has 0 spiro atoms. The number of benzene rings is 1. The molecule has 1 aromatic carbocycles. The Morgan fingerprint density at radius 3 is 2.85 bits per heavy atom. The molecule has 0 unspecified atom stereocenters. The Hall–Kier alpha value is -1.79. The fraction of sp³-hybridized carbons (Fsp3) is 0.471. The summed E-state index contributed by atoms with van der Waals surface area (Å²) in [5, 5.41) is 10.3. The van der Waals surface area contributed by atoms with Crippen LogP contribution in [0.2, 0.25) is 0 Å². The molecule has 102 valence electrons. The lowest BCUT2D eigenvalue weighted by Crippen LogP contribution is -2.48. The highest BCUT2D eigenvalue weighted by Gasteiger charge is 2.34. The first-order valence-electron chi connectivity index (χ1n) is 7.56. The summed E-state index contributed by atoms with van der Waals surface area (Å²) in [5.41, 5.74) is 3.29. The van der Waals surface area contributed by atoms with Gasteiger partial charge in [-0.1, -0.05) is 0 Å². The molecule has 3 aliphatic rings. The van der Waals surface area contributed by atoms with E-state index in [1.54, 1.807) is 0 Å². The molecule has 0 radical (unpaired) electrons. The van der Waals surface area contributed by atoms with Crippen LogP contribution in [0.1, 0.15) is 24.0 Å². The van der Waals surface area contributed by atoms with E-state index in [0.29, 0.717) is 0 Å². The average molecular weight is 265 g/mol. The number of aromatic amines is 1. The van der Waals surface area contributed by atoms with Gasteiger partial charge in [0, 0.05) is 23.6 Å². The van der Waals surface area contributed by atoms with Gasteiger partial charge in [0.15, 0.2) is 0 Å². The molecule has 4 heterocycles. The number of nitrogens with one attached hydrogen (secondary N) is 1. The van der Waals surface area contributed by atoms with Crippen molar-refractivity contribution in [2.45, 2.75) is 19.3 Å². The molecular formula is C17H19N3. The molecule has 3 fully saturated rings. The van der Waals surface area contributed by atoms with E-state index in [2.05, 4.69) is 22.1 Å². The predicted molar refractivity (Wildman–Crippen MR) is 79.4 cm³/mol. The zero-order valence-corrected chi connectivity index (χ0v) is 11.6. The van der Waals surface area contributed by atoms with Gasteiger partial charge in [-0.3, -0.25) is 0 Å². The molecule has 1 N–H and O–H groups in total. The quantitative estimate of drug-likeness (QED) is 0.907. The molecule has 1 atom stereocenters. The van der Waals surface area contributed by atoms with Crippen LogP contribution in [-0.2, 0) is 6.42 Å². The topological polar surface area (TPSA) is 42.8 Å². The lowest BCUT2D eigenvalue weighted by atomic mass is 9.76. The van der Waals surface area contributed by atoms with E-state index < -0.39 is 0 Å². The SMILES string of the molecule is N#Cc1ccc2[nH]cc(C[C@H]3CN4CCC3CC4)c2c1. The van der Waals surface area contributed by atoms with Gasteiger partial charge >= 0.3 is 0 Å². The maximum absolute atomic E-state index is 9.07. The van der Waals surface area contributed by atoms with Crippen molar-refractivity contribution in [2.24, 2.45) is 11.8 Å². The molecule has 3 saturated heterocycles. The largest absolute Gasteiger partial charge is 0.361 e. The van der Waals surface area contributed by atoms with Gasteiger partial charge in [0.2, 0.25) is 0 Å². The van der Waals surface area contributed by atoms with E-state index in [0.717, 1.165) is 29.3 Å². The van der Waals surface area contributed by atoms with E-state index in [1.165, 1.54) is 43.4 Å². The summed E-state index contributed by atoms with van der Waals surface area (Å²) in [5.74, 6) is 1.70. The monoisotopic (exact) mass is 265 g/mol. The molecular weight excluding hydrogens is 246 g/mol. The number of hydrogen-bond acceptors (Lipinski definition) is 2. The zero-order chi connectivity index (χ0) is 13.5. The smallest absolute Gasteiger partial charge is 0.0991 e. The highest BCUT2D eigenvalue weighted by atomic mass is 15.1. The summed E-state index contributed by atoms with van der Waals surface area (Å²) < 4.78 is 0. The zero-order valence-electron chi connectivity index (χ0n) is 11.6. The van der Waals surface area contributed by atoms with Crippen LogP contribution in [0.3, 0.4) is 0 Å². The van der Waals surface area contributed by atoms with Crippen molar-refractivity contribution < 1.29 is 0 Å². The van der Waals surface area contributed by atoms with E-state index in [1.807, 2.05) is 18.2 Å². The van der Waals surface area contributed by atoms with Crippen molar-refractivity contribution in [1.29, 1.82) is 5.26 Å². The number of aromatic nitrogens is 1. The van der Waals surface area contributed by atoms with Gasteiger partial charge in [-0.2, -0.15) is 5.26 Å². The first-order valence-corrected chi connectivity index (χ1v) is 7.56. The summed E-state index contributed by atoms with van der Waals surface area (Å²) in [7, 11) is 0. The lowest BCUT2D eigenvalue weighted by Gasteiger charge is -2.45. The Labute approximate surface area is 119 Å². The van der Waals surface area contributed by atoms with Gasteiger partial charge in [-0.25, -0.2) is 0 Å². The normalized spacial score (nSPS) is 28.6. The minimum absolute atomic E-state index is 0.757. The summed E-state index contributed by atoms with van der Waals surface area (Å²) in [6.07, 6.45) is 6.03. The summed E-state index contributed by atoms with van der Waals surface area (Å²) in [4.78, 5) is 5.96. The van der Waals surface area contributed by atoms with Crippen LogP contribution in [0.25, 0.3) is 10.9 Å². The van der Waals surface area contributed by atoms with Crippen molar-refractivity contribution in [3.63, 3.8) is 0 Å². The summed E-state index contributed by atoms with van der Waals surface area (Å²) in [6.45, 7) is 3.86. The Bertz CT molecular complexity index is 671. The van der Waals surface area contributed by atoms with Gasteiger partial charge in [-0.15, -0.1) is 0 Å². The molecule has 1 aromatic heterocycles. The van der Waals surface area contributed by atoms with E-state index >= 15 is 0 Å². The summed E-state index contributed by atoms with van der Waals surface area (Å²) >= 11 is 0. The highest BCUT2D eigenvalue weighted by molar-refractivity contribution is 5.84. The molecule has 5 rings (SSSR count). The second-order valence-corrected chi connectivity index (χ2v) is 6.29. The third-order valence-electron chi connectivity index (χ3n) is 5.17. The second-order valence-electron chi connectivity index (χ2n) is 6.29. The molecule has 0 saturated carbocycles. The minimum atomic E-state index is 0.757. The van der Waals surface area contributed by atoms with Gasteiger partial charge in [-0.05, 0) is 68.0 Å². The number of piperidine rings is 3. The van der Waals surface area contributed by atoms with Crippen LogP contribution in [0.5, 0.6) is 0 Å². The van der Waals surface area contributed by atoms with Crippen molar-refractivity contribution >= 4 is 10.9 Å². The number of nitriles is 1. The maximum Gasteiger partial charge on any atom is 0.0991 e. The number of hydrogen-bond donors (Lipinski definition) is 1. The Kier molecular flexibility index (Phi) is 2.78. The molecule has 0 amide bonds. The van der Waals surface area contributed by atoms with Crippen LogP contribution < -0.4 is 0 Å². The van der Waals surface area contributed by atoms with Gasteiger partial charge < -0.3 is 9.88 Å². The van der Waals surface area contributed by atoms with Gasteiger partial charge in [0.1, 0.15) is 0 Å². The number of fused-ring (bicyclic) bond motifs is 4. The standard InChI is InChI=1S/C17H19N3/c18-9-12-1-2-17-16(7-12)14(10-19-17)8-15-11-20-5-3-13(15)4-6-20/h1-2,7,10,13,15,19H,3-6,8,11H2/t15-/m0/s1. The fourth-order valence-electron chi connectivity index (χ4n) is 4.02. The van der Waals surface area contributed by atoms with E-state index in [4.69, 9.17) is 5.26 Å². The van der Waals surface area contributed by atoms with E-state index in [9.17, 15) is 0 Å². The Morgan fingerprint density at radius 2 is 2.15 bits per heavy atom.